The molecule has 1 N–H and O–H groups in total. The lowest BCUT2D eigenvalue weighted by Gasteiger charge is -2.35. The van der Waals surface area contributed by atoms with E-state index in [9.17, 15) is 31.2 Å². The van der Waals surface area contributed by atoms with E-state index in [1.807, 2.05) is 0 Å². The van der Waals surface area contributed by atoms with Crippen LogP contribution in [0.1, 0.15) is 45.2 Å². The minimum atomic E-state index is -4.91. The van der Waals surface area contributed by atoms with E-state index in [0.29, 0.717) is 15.9 Å². The quantitative estimate of drug-likeness (QED) is 0.237. The highest BCUT2D eigenvalue weighted by Gasteiger charge is 2.37. The van der Waals surface area contributed by atoms with Crippen LogP contribution < -0.4 is 9.62 Å². The lowest BCUT2D eigenvalue weighted by atomic mass is 10.1. The second-order valence-corrected chi connectivity index (χ2v) is 14.0. The number of rotatable bonds is 10. The van der Waals surface area contributed by atoms with Gasteiger partial charge in [-0.25, -0.2) is 8.42 Å². The van der Waals surface area contributed by atoms with E-state index in [-0.39, 0.29) is 27.9 Å². The Morgan fingerprint density at radius 3 is 2.05 bits per heavy atom. The van der Waals surface area contributed by atoms with Gasteiger partial charge < -0.3 is 10.2 Å². The molecule has 0 aromatic heterocycles. The van der Waals surface area contributed by atoms with Crippen LogP contribution in [0, 0.1) is 0 Å². The van der Waals surface area contributed by atoms with Crippen molar-refractivity contribution in [2.24, 2.45) is 0 Å². The van der Waals surface area contributed by atoms with Gasteiger partial charge in [0.05, 0.1) is 31.2 Å². The maximum atomic E-state index is 14.1. The Hall–Kier alpha value is -2.99. The fourth-order valence-corrected chi connectivity index (χ4v) is 6.31. The van der Waals surface area contributed by atoms with Crippen LogP contribution in [0.15, 0.2) is 71.6 Å². The van der Waals surface area contributed by atoms with Crippen LogP contribution in [-0.2, 0) is 32.3 Å². The van der Waals surface area contributed by atoms with E-state index in [1.165, 1.54) is 41.3 Å². The van der Waals surface area contributed by atoms with Gasteiger partial charge in [-0.05, 0) is 75.2 Å². The molecule has 7 nitrogen and oxygen atoms in total. The van der Waals surface area contributed by atoms with Gasteiger partial charge in [0.2, 0.25) is 11.8 Å². The summed E-state index contributed by atoms with van der Waals surface area (Å²) in [5.41, 5.74) is -1.90. The Morgan fingerprint density at radius 1 is 0.886 bits per heavy atom. The molecule has 0 saturated heterocycles. The summed E-state index contributed by atoms with van der Waals surface area (Å²) in [5.74, 6) is -1.35. The van der Waals surface area contributed by atoms with Crippen LogP contribution in [0.3, 0.4) is 0 Å². The van der Waals surface area contributed by atoms with E-state index in [2.05, 4.69) is 5.32 Å². The molecule has 0 bridgehead atoms. The van der Waals surface area contributed by atoms with E-state index in [0.717, 1.165) is 12.1 Å². The molecular weight excluding hydrogens is 662 g/mol. The third-order valence-corrected chi connectivity index (χ3v) is 9.23. The Kier molecular flexibility index (Phi) is 11.3. The number of anilines is 1. The van der Waals surface area contributed by atoms with Crippen LogP contribution >= 0.6 is 34.8 Å². The highest BCUT2D eigenvalue weighted by Crippen LogP contribution is 2.38. The van der Waals surface area contributed by atoms with E-state index < -0.39 is 62.4 Å². The molecule has 3 aromatic rings. The molecule has 0 unspecified atom stereocenters. The van der Waals surface area contributed by atoms with Gasteiger partial charge in [0.1, 0.15) is 12.6 Å². The number of hydrogen-bond donors (Lipinski definition) is 1. The summed E-state index contributed by atoms with van der Waals surface area (Å²) in [7, 11) is -4.59. The lowest BCUT2D eigenvalue weighted by Crippen LogP contribution is -2.55. The molecule has 14 heteroatoms. The molecule has 44 heavy (non-hydrogen) atoms. The minimum absolute atomic E-state index is 0.138. The van der Waals surface area contributed by atoms with Crippen molar-refractivity contribution in [3.05, 3.63) is 92.9 Å². The van der Waals surface area contributed by atoms with Crippen molar-refractivity contribution in [2.45, 2.75) is 63.3 Å². The maximum Gasteiger partial charge on any atom is 0.417 e. The topological polar surface area (TPSA) is 86.8 Å². The van der Waals surface area contributed by atoms with E-state index >= 15 is 0 Å². The summed E-state index contributed by atoms with van der Waals surface area (Å²) < 4.78 is 69.7. The number of sulfonamides is 1. The molecule has 238 valence electrons. The van der Waals surface area contributed by atoms with Crippen LogP contribution in [-0.4, -0.2) is 43.3 Å². The predicted octanol–water partition coefficient (Wildman–Crippen LogP) is 7.58. The van der Waals surface area contributed by atoms with Crippen molar-refractivity contribution in [1.82, 2.24) is 10.2 Å². The standard InChI is InChI=1S/C30H31Cl3F3N3O4S/c1-5-26(28(41)37-29(2,3)4)38(17-19-11-13-24(32)25(33)15-19)27(40)18-39(44(42,43)21-9-7-6-8-10-21)20-12-14-23(31)22(16-20)30(34,35)36/h6-16,26H,5,17-18H2,1-4H3,(H,37,41)/t26-/m0/s1. The molecule has 3 aromatic carbocycles. The molecule has 0 saturated carbocycles. The van der Waals surface area contributed by atoms with Crippen molar-refractivity contribution in [3.63, 3.8) is 0 Å². The SMILES string of the molecule is CC[C@@H](C(=O)NC(C)(C)C)N(Cc1ccc(Cl)c(Cl)c1)C(=O)CN(c1ccc(Cl)c(C(F)(F)F)c1)S(=O)(=O)c1ccccc1. The number of amides is 2. The first-order chi connectivity index (χ1) is 20.3. The smallest absolute Gasteiger partial charge is 0.350 e. The van der Waals surface area contributed by atoms with E-state index in [1.54, 1.807) is 39.8 Å². The fourth-order valence-electron chi connectivity index (χ4n) is 4.34. The Balaban J connectivity index is 2.16. The van der Waals surface area contributed by atoms with Crippen LogP contribution in [0.4, 0.5) is 18.9 Å². The van der Waals surface area contributed by atoms with Gasteiger partial charge in [0.25, 0.3) is 10.0 Å². The first-order valence-electron chi connectivity index (χ1n) is 13.3. The molecule has 0 spiro atoms. The fraction of sp³-hybridized carbons (Fsp3) is 0.333. The van der Waals surface area contributed by atoms with Gasteiger partial charge in [-0.15, -0.1) is 0 Å². The number of nitrogens with zero attached hydrogens (tertiary/aromatic N) is 2. The van der Waals surface area contributed by atoms with Gasteiger partial charge in [-0.3, -0.25) is 13.9 Å². The molecule has 0 aliphatic rings. The summed E-state index contributed by atoms with van der Waals surface area (Å²) in [6.07, 6.45) is -4.77. The predicted molar refractivity (Wildman–Crippen MR) is 166 cm³/mol. The second-order valence-electron chi connectivity index (χ2n) is 10.9. The van der Waals surface area contributed by atoms with Crippen LogP contribution in [0.5, 0.6) is 0 Å². The number of alkyl halides is 3. The first-order valence-corrected chi connectivity index (χ1v) is 15.9. The Morgan fingerprint density at radius 2 is 1.50 bits per heavy atom. The third-order valence-electron chi connectivity index (χ3n) is 6.37. The zero-order valence-electron chi connectivity index (χ0n) is 24.3. The van der Waals surface area contributed by atoms with Gasteiger partial charge in [0, 0.05) is 12.1 Å². The minimum Gasteiger partial charge on any atom is -0.350 e. The van der Waals surface area contributed by atoms with Gasteiger partial charge in [-0.1, -0.05) is 66.0 Å². The third kappa shape index (κ3) is 8.80. The maximum absolute atomic E-state index is 14.1. The van der Waals surface area contributed by atoms with Gasteiger partial charge in [-0.2, -0.15) is 13.2 Å². The zero-order chi connectivity index (χ0) is 33.0. The van der Waals surface area contributed by atoms with Gasteiger partial charge >= 0.3 is 6.18 Å². The number of halogens is 6. The normalized spacial score (nSPS) is 12.9. The van der Waals surface area contributed by atoms with Crippen molar-refractivity contribution >= 4 is 62.3 Å². The number of nitrogens with one attached hydrogen (secondary N) is 1. The monoisotopic (exact) mass is 691 g/mol. The van der Waals surface area contributed by atoms with Crippen molar-refractivity contribution < 1.29 is 31.2 Å². The second kappa shape index (κ2) is 14.0. The molecule has 0 radical (unpaired) electrons. The molecule has 0 fully saturated rings. The number of hydrogen-bond acceptors (Lipinski definition) is 4. The summed E-state index contributed by atoms with van der Waals surface area (Å²) in [5, 5.41) is 2.64. The molecule has 0 aliphatic carbocycles. The van der Waals surface area contributed by atoms with E-state index in [4.69, 9.17) is 34.8 Å². The molecule has 0 aliphatic heterocycles. The number of carbonyl (C=O) groups is 2. The zero-order valence-corrected chi connectivity index (χ0v) is 27.3. The molecule has 0 heterocycles. The van der Waals surface area contributed by atoms with Crippen molar-refractivity contribution in [3.8, 4) is 0 Å². The van der Waals surface area contributed by atoms with Crippen molar-refractivity contribution in [2.75, 3.05) is 10.8 Å². The molecule has 1 atom stereocenters. The van der Waals surface area contributed by atoms with Crippen molar-refractivity contribution in [1.29, 1.82) is 0 Å². The Bertz CT molecular complexity index is 1620. The summed E-state index contributed by atoms with van der Waals surface area (Å²) in [6, 6.07) is 13.1. The molecule has 2 amide bonds. The first kappa shape index (κ1) is 35.5. The summed E-state index contributed by atoms with van der Waals surface area (Å²) in [6.45, 7) is 5.84. The molecule has 3 rings (SSSR count). The van der Waals surface area contributed by atoms with Gasteiger partial charge in [0.15, 0.2) is 0 Å². The summed E-state index contributed by atoms with van der Waals surface area (Å²) >= 11 is 18.1. The highest BCUT2D eigenvalue weighted by atomic mass is 35.5. The lowest BCUT2D eigenvalue weighted by molar-refractivity contribution is -0.141. The summed E-state index contributed by atoms with van der Waals surface area (Å²) in [4.78, 5) is 28.4. The number of carbonyl (C=O) groups excluding carboxylic acids is 2. The largest absolute Gasteiger partial charge is 0.417 e. The highest BCUT2D eigenvalue weighted by molar-refractivity contribution is 7.92. The molecular formula is C30H31Cl3F3N3O4S. The van der Waals surface area contributed by atoms with Crippen LogP contribution in [0.2, 0.25) is 15.1 Å². The average Bonchev–Trinajstić information content (AvgIpc) is 2.92. The average molecular weight is 693 g/mol. The Labute approximate surface area is 269 Å². The van der Waals surface area contributed by atoms with Crippen LogP contribution in [0.25, 0.3) is 0 Å². The number of benzene rings is 3.